The molecule has 0 bridgehead atoms. The smallest absolute Gasteiger partial charge is 0.232 e. The molecule has 0 fully saturated rings. The third-order valence-corrected chi connectivity index (χ3v) is 3.33. The third kappa shape index (κ3) is 4.30. The van der Waals surface area contributed by atoms with Gasteiger partial charge in [0.05, 0.1) is 11.9 Å². The van der Waals surface area contributed by atoms with Gasteiger partial charge in [-0.25, -0.2) is 0 Å². The molecule has 1 rings (SSSR count). The number of amides is 1. The number of hydrogen-bond acceptors (Lipinski definition) is 5. The second kappa shape index (κ2) is 6.75. The normalized spacial score (nSPS) is 12.8. The lowest BCUT2D eigenvalue weighted by molar-refractivity contribution is -0.128. The highest BCUT2D eigenvalue weighted by Gasteiger charge is 2.14. The molecule has 0 aliphatic rings. The van der Waals surface area contributed by atoms with Crippen LogP contribution in [0, 0.1) is 0 Å². The van der Waals surface area contributed by atoms with Gasteiger partial charge in [-0.1, -0.05) is 11.8 Å². The predicted molar refractivity (Wildman–Crippen MR) is 70.4 cm³/mol. The SMILES string of the molecule is CC(O)CN(C)C(=O)CSc1nncn1C(C)C. The molecule has 0 aliphatic carbocycles. The van der Waals surface area contributed by atoms with Crippen LogP contribution in [0.3, 0.4) is 0 Å². The Kier molecular flexibility index (Phi) is 5.61. The van der Waals surface area contributed by atoms with Gasteiger partial charge in [0.2, 0.25) is 5.91 Å². The van der Waals surface area contributed by atoms with Crippen LogP contribution in [0.1, 0.15) is 26.8 Å². The van der Waals surface area contributed by atoms with E-state index in [1.165, 1.54) is 16.7 Å². The summed E-state index contributed by atoms with van der Waals surface area (Å²) in [4.78, 5) is 13.3. The molecule has 1 aromatic rings. The molecule has 0 radical (unpaired) electrons. The molecule has 0 aliphatic heterocycles. The molecule has 1 atom stereocenters. The summed E-state index contributed by atoms with van der Waals surface area (Å²) in [5.74, 6) is 0.272. The van der Waals surface area contributed by atoms with Crippen molar-refractivity contribution in [3.05, 3.63) is 6.33 Å². The lowest BCUT2D eigenvalue weighted by Gasteiger charge is -2.18. The summed E-state index contributed by atoms with van der Waals surface area (Å²) in [6.45, 7) is 6.08. The van der Waals surface area contributed by atoms with Gasteiger partial charge in [-0.15, -0.1) is 10.2 Å². The van der Waals surface area contributed by atoms with E-state index in [-0.39, 0.29) is 11.9 Å². The summed E-state index contributed by atoms with van der Waals surface area (Å²) in [5, 5.41) is 17.8. The fraction of sp³-hybridized carbons (Fsp3) is 0.727. The van der Waals surface area contributed by atoms with Gasteiger partial charge >= 0.3 is 0 Å². The van der Waals surface area contributed by atoms with Gasteiger partial charge < -0.3 is 14.6 Å². The topological polar surface area (TPSA) is 71.2 Å². The van der Waals surface area contributed by atoms with E-state index in [2.05, 4.69) is 10.2 Å². The number of aliphatic hydroxyl groups is 1. The summed E-state index contributed by atoms with van der Waals surface area (Å²) in [6, 6.07) is 0.271. The van der Waals surface area contributed by atoms with E-state index in [0.29, 0.717) is 12.3 Å². The van der Waals surface area contributed by atoms with Crippen LogP contribution in [0.4, 0.5) is 0 Å². The summed E-state index contributed by atoms with van der Waals surface area (Å²) in [6.07, 6.45) is 1.15. The monoisotopic (exact) mass is 272 g/mol. The van der Waals surface area contributed by atoms with Crippen molar-refractivity contribution < 1.29 is 9.90 Å². The van der Waals surface area contributed by atoms with Crippen molar-refractivity contribution in [2.75, 3.05) is 19.3 Å². The van der Waals surface area contributed by atoms with Crippen LogP contribution in [-0.4, -0.2) is 56.1 Å². The van der Waals surface area contributed by atoms with Crippen LogP contribution in [0.25, 0.3) is 0 Å². The van der Waals surface area contributed by atoms with Crippen LogP contribution in [0.2, 0.25) is 0 Å². The van der Waals surface area contributed by atoms with Crippen LogP contribution in [-0.2, 0) is 4.79 Å². The van der Waals surface area contributed by atoms with Gasteiger partial charge in [-0.05, 0) is 20.8 Å². The molecule has 0 aromatic carbocycles. The first-order valence-corrected chi connectivity index (χ1v) is 6.84. The molecule has 1 heterocycles. The largest absolute Gasteiger partial charge is 0.392 e. The first-order valence-electron chi connectivity index (χ1n) is 5.86. The fourth-order valence-electron chi connectivity index (χ4n) is 1.42. The lowest BCUT2D eigenvalue weighted by Crippen LogP contribution is -2.34. The highest BCUT2D eigenvalue weighted by Crippen LogP contribution is 2.18. The predicted octanol–water partition coefficient (Wildman–Crippen LogP) is 0.790. The van der Waals surface area contributed by atoms with Crippen molar-refractivity contribution >= 4 is 17.7 Å². The minimum atomic E-state index is -0.511. The van der Waals surface area contributed by atoms with Crippen LogP contribution >= 0.6 is 11.8 Å². The second-order valence-electron chi connectivity index (χ2n) is 4.53. The summed E-state index contributed by atoms with van der Waals surface area (Å²) in [7, 11) is 1.68. The van der Waals surface area contributed by atoms with Crippen molar-refractivity contribution in [2.45, 2.75) is 38.1 Å². The zero-order valence-electron chi connectivity index (χ0n) is 11.2. The number of carbonyl (C=O) groups excluding carboxylic acids is 1. The minimum Gasteiger partial charge on any atom is -0.392 e. The fourth-order valence-corrected chi connectivity index (χ4v) is 2.41. The number of rotatable bonds is 6. The molecule has 0 saturated carbocycles. The van der Waals surface area contributed by atoms with Gasteiger partial charge in [0.1, 0.15) is 6.33 Å². The molecule has 6 nitrogen and oxygen atoms in total. The average molecular weight is 272 g/mol. The van der Waals surface area contributed by atoms with E-state index in [0.717, 1.165) is 5.16 Å². The molecule has 1 amide bonds. The van der Waals surface area contributed by atoms with E-state index in [1.807, 2.05) is 18.4 Å². The number of aromatic nitrogens is 3. The van der Waals surface area contributed by atoms with Crippen LogP contribution in [0.15, 0.2) is 11.5 Å². The van der Waals surface area contributed by atoms with Crippen molar-refractivity contribution in [2.24, 2.45) is 0 Å². The average Bonchev–Trinajstić information content (AvgIpc) is 2.72. The van der Waals surface area contributed by atoms with Crippen molar-refractivity contribution in [1.29, 1.82) is 0 Å². The van der Waals surface area contributed by atoms with E-state index in [1.54, 1.807) is 20.3 Å². The molecular weight excluding hydrogens is 252 g/mol. The van der Waals surface area contributed by atoms with Gasteiger partial charge in [-0.3, -0.25) is 4.79 Å². The molecule has 1 aromatic heterocycles. The molecule has 1 unspecified atom stereocenters. The molecular formula is C11H20N4O2S. The standard InChI is InChI=1S/C11H20N4O2S/c1-8(2)15-7-12-13-11(15)18-6-10(17)14(4)5-9(3)16/h7-9,16H,5-6H2,1-4H3. The van der Waals surface area contributed by atoms with Gasteiger partial charge in [0.25, 0.3) is 0 Å². The number of aliphatic hydroxyl groups excluding tert-OH is 1. The number of hydrogen-bond donors (Lipinski definition) is 1. The summed E-state index contributed by atoms with van der Waals surface area (Å²) in [5.41, 5.74) is 0. The molecule has 1 N–H and O–H groups in total. The molecule has 18 heavy (non-hydrogen) atoms. The molecule has 7 heteroatoms. The number of nitrogens with zero attached hydrogens (tertiary/aromatic N) is 4. The summed E-state index contributed by atoms with van der Waals surface area (Å²) >= 11 is 1.36. The van der Waals surface area contributed by atoms with E-state index >= 15 is 0 Å². The summed E-state index contributed by atoms with van der Waals surface area (Å²) < 4.78 is 1.92. The maximum atomic E-state index is 11.8. The first-order chi connectivity index (χ1) is 8.41. The highest BCUT2D eigenvalue weighted by atomic mass is 32.2. The van der Waals surface area contributed by atoms with Gasteiger partial charge in [-0.2, -0.15) is 0 Å². The Balaban J connectivity index is 2.49. The molecule has 102 valence electrons. The zero-order chi connectivity index (χ0) is 13.7. The van der Waals surface area contributed by atoms with Gasteiger partial charge in [0.15, 0.2) is 5.16 Å². The Bertz CT molecular complexity index is 392. The van der Waals surface area contributed by atoms with E-state index in [4.69, 9.17) is 0 Å². The van der Waals surface area contributed by atoms with Gasteiger partial charge in [0, 0.05) is 19.6 Å². The Labute approximate surface area is 111 Å². The van der Waals surface area contributed by atoms with Crippen molar-refractivity contribution in [1.82, 2.24) is 19.7 Å². The lowest BCUT2D eigenvalue weighted by atomic mass is 10.4. The quantitative estimate of drug-likeness (QED) is 0.775. The Morgan fingerprint density at radius 3 is 2.78 bits per heavy atom. The highest BCUT2D eigenvalue weighted by molar-refractivity contribution is 7.99. The molecule has 0 spiro atoms. The number of likely N-dealkylation sites (N-methyl/N-ethyl adjacent to an activating group) is 1. The second-order valence-corrected chi connectivity index (χ2v) is 5.47. The van der Waals surface area contributed by atoms with Crippen molar-refractivity contribution in [3.8, 4) is 0 Å². The minimum absolute atomic E-state index is 0.0285. The molecule has 0 saturated heterocycles. The number of carbonyl (C=O) groups is 1. The zero-order valence-corrected chi connectivity index (χ0v) is 12.0. The van der Waals surface area contributed by atoms with E-state index in [9.17, 15) is 9.90 Å². The Morgan fingerprint density at radius 1 is 1.56 bits per heavy atom. The van der Waals surface area contributed by atoms with E-state index < -0.39 is 6.10 Å². The van der Waals surface area contributed by atoms with Crippen LogP contribution in [0.5, 0.6) is 0 Å². The van der Waals surface area contributed by atoms with Crippen molar-refractivity contribution in [3.63, 3.8) is 0 Å². The number of thioether (sulfide) groups is 1. The first kappa shape index (κ1) is 15.0. The Hall–Kier alpha value is -1.08. The maximum absolute atomic E-state index is 11.8. The Morgan fingerprint density at radius 2 is 2.22 bits per heavy atom. The third-order valence-electron chi connectivity index (χ3n) is 2.39. The maximum Gasteiger partial charge on any atom is 0.232 e. The van der Waals surface area contributed by atoms with Crippen LogP contribution < -0.4 is 0 Å².